The molecule has 116 valence electrons. The molecule has 1 nitrogen and oxygen atoms in total. The van der Waals surface area contributed by atoms with E-state index in [1.807, 2.05) is 11.3 Å². The van der Waals surface area contributed by atoms with Crippen molar-refractivity contribution >= 4 is 32.6 Å². The predicted molar refractivity (Wildman–Crippen MR) is 94.8 cm³/mol. The van der Waals surface area contributed by atoms with Crippen LogP contribution >= 0.6 is 11.3 Å². The first kappa shape index (κ1) is 18.5. The average molecular weight is 403 g/mol. The zero-order chi connectivity index (χ0) is 14.8. The molecule has 3 heteroatoms. The van der Waals surface area contributed by atoms with Gasteiger partial charge in [0.2, 0.25) is 0 Å². The topological polar surface area (TPSA) is 20.2 Å². The Hall–Kier alpha value is 0.459. The van der Waals surface area contributed by atoms with E-state index >= 15 is 0 Å². The zero-order valence-electron chi connectivity index (χ0n) is 13.6. The Kier molecular flexibility index (Phi) is 9.47. The monoisotopic (exact) mass is 404 g/mol. The number of hydrogen-bond acceptors (Lipinski definition) is 2. The summed E-state index contributed by atoms with van der Waals surface area (Å²) < 4.78 is 6.31. The first-order valence-electron chi connectivity index (χ1n) is 8.42. The molecule has 1 aromatic heterocycles. The van der Waals surface area contributed by atoms with E-state index in [9.17, 15) is 5.11 Å². The summed E-state index contributed by atoms with van der Waals surface area (Å²) in [5.41, 5.74) is 0. The van der Waals surface area contributed by atoms with E-state index in [4.69, 9.17) is 0 Å². The first-order chi connectivity index (χ1) is 9.72. The molecule has 20 heavy (non-hydrogen) atoms. The van der Waals surface area contributed by atoms with Crippen molar-refractivity contribution in [1.82, 2.24) is 0 Å². The van der Waals surface area contributed by atoms with Gasteiger partial charge >= 0.3 is 134 Å². The molecule has 1 rings (SSSR count). The Labute approximate surface area is 133 Å². The van der Waals surface area contributed by atoms with Crippen LogP contribution in [0.4, 0.5) is 0 Å². The van der Waals surface area contributed by atoms with Crippen molar-refractivity contribution in [2.75, 3.05) is 0 Å². The summed E-state index contributed by atoms with van der Waals surface area (Å²) in [6, 6.07) is 4.56. The maximum atomic E-state index is 9.38. The number of thiophene rings is 1. The molecule has 1 aromatic rings. The first-order valence-corrected chi connectivity index (χ1v) is 16.7. The van der Waals surface area contributed by atoms with Crippen molar-refractivity contribution in [2.45, 2.75) is 79.2 Å². The minimum atomic E-state index is -2.19. The van der Waals surface area contributed by atoms with Gasteiger partial charge in [0.25, 0.3) is 0 Å². The summed E-state index contributed by atoms with van der Waals surface area (Å²) in [7, 11) is 0. The Morgan fingerprint density at radius 2 is 1.40 bits per heavy atom. The Morgan fingerprint density at radius 3 is 1.75 bits per heavy atom. The van der Waals surface area contributed by atoms with Gasteiger partial charge in [-0.2, -0.15) is 0 Å². The van der Waals surface area contributed by atoms with Crippen LogP contribution in [0.25, 0.3) is 0 Å². The molecule has 0 radical (unpaired) electrons. The second kappa shape index (κ2) is 10.2. The number of rotatable bonds is 11. The third kappa shape index (κ3) is 5.34. The van der Waals surface area contributed by atoms with Crippen molar-refractivity contribution in [3.8, 4) is 0 Å². The van der Waals surface area contributed by atoms with E-state index in [-0.39, 0.29) is 6.61 Å². The van der Waals surface area contributed by atoms with Gasteiger partial charge in [-0.1, -0.05) is 0 Å². The SMILES string of the molecule is CCC[CH2][Sn]([CH2]CCC)([CH2]CCC)[c]1ccc(CO)s1. The second-order valence-corrected chi connectivity index (χ2v) is 21.3. The maximum absolute atomic E-state index is 9.38. The molecule has 0 saturated carbocycles. The fraction of sp³-hybridized carbons (Fsp3) is 0.765. The molecule has 0 fully saturated rings. The molecular weight excluding hydrogens is 371 g/mol. The normalized spacial score (nSPS) is 12.0. The molecule has 0 saturated heterocycles. The van der Waals surface area contributed by atoms with E-state index in [0.717, 1.165) is 0 Å². The van der Waals surface area contributed by atoms with Gasteiger partial charge in [0, 0.05) is 0 Å². The van der Waals surface area contributed by atoms with Gasteiger partial charge in [0.05, 0.1) is 0 Å². The van der Waals surface area contributed by atoms with E-state index in [2.05, 4.69) is 32.9 Å². The third-order valence-electron chi connectivity index (χ3n) is 4.37. The summed E-state index contributed by atoms with van der Waals surface area (Å²) in [5, 5.41) is 9.38. The summed E-state index contributed by atoms with van der Waals surface area (Å²) in [6.45, 7) is 7.19. The van der Waals surface area contributed by atoms with Crippen molar-refractivity contribution in [3.63, 3.8) is 0 Å². The van der Waals surface area contributed by atoms with Crippen molar-refractivity contribution < 1.29 is 5.11 Å². The van der Waals surface area contributed by atoms with Gasteiger partial charge in [-0.15, -0.1) is 0 Å². The zero-order valence-corrected chi connectivity index (χ0v) is 17.3. The van der Waals surface area contributed by atoms with Crippen molar-refractivity contribution in [3.05, 3.63) is 17.0 Å². The minimum absolute atomic E-state index is 0.224. The van der Waals surface area contributed by atoms with Crippen LogP contribution < -0.4 is 2.89 Å². The molecule has 1 heterocycles. The third-order valence-corrected chi connectivity index (χ3v) is 23.7. The Balaban J connectivity index is 2.97. The fourth-order valence-corrected chi connectivity index (χ4v) is 23.2. The summed E-state index contributed by atoms with van der Waals surface area (Å²) in [4.78, 5) is 1.17. The van der Waals surface area contributed by atoms with Gasteiger partial charge in [-0.3, -0.25) is 0 Å². The van der Waals surface area contributed by atoms with Gasteiger partial charge in [-0.25, -0.2) is 0 Å². The van der Waals surface area contributed by atoms with Crippen LogP contribution in [0.2, 0.25) is 13.3 Å². The van der Waals surface area contributed by atoms with Gasteiger partial charge in [0.1, 0.15) is 0 Å². The van der Waals surface area contributed by atoms with Crippen molar-refractivity contribution in [1.29, 1.82) is 0 Å². The number of aliphatic hydroxyl groups is 1. The van der Waals surface area contributed by atoms with Crippen LogP contribution in [0.1, 0.15) is 64.2 Å². The van der Waals surface area contributed by atoms with Crippen LogP contribution in [0.3, 0.4) is 0 Å². The summed E-state index contributed by atoms with van der Waals surface area (Å²) in [5.74, 6) is 0. The van der Waals surface area contributed by atoms with Crippen LogP contribution in [0, 0.1) is 0 Å². The fourth-order valence-electron chi connectivity index (χ4n) is 3.04. The van der Waals surface area contributed by atoms with E-state index < -0.39 is 18.4 Å². The quantitative estimate of drug-likeness (QED) is 0.498. The molecule has 0 unspecified atom stereocenters. The molecule has 0 aliphatic heterocycles. The van der Waals surface area contributed by atoms with Gasteiger partial charge in [0.15, 0.2) is 0 Å². The van der Waals surface area contributed by atoms with Crippen molar-refractivity contribution in [2.24, 2.45) is 0 Å². The van der Waals surface area contributed by atoms with Gasteiger partial charge in [-0.05, 0) is 0 Å². The molecule has 0 aliphatic rings. The number of hydrogen-bond donors (Lipinski definition) is 1. The van der Waals surface area contributed by atoms with Crippen LogP contribution in [-0.2, 0) is 6.61 Å². The Morgan fingerprint density at radius 1 is 0.900 bits per heavy atom. The van der Waals surface area contributed by atoms with Crippen LogP contribution in [0.15, 0.2) is 12.1 Å². The van der Waals surface area contributed by atoms with E-state index in [1.165, 1.54) is 56.7 Å². The number of aliphatic hydroxyl groups excluding tert-OH is 1. The van der Waals surface area contributed by atoms with Gasteiger partial charge < -0.3 is 0 Å². The van der Waals surface area contributed by atoms with Crippen LogP contribution in [0.5, 0.6) is 0 Å². The van der Waals surface area contributed by atoms with E-state index in [0.29, 0.717) is 0 Å². The molecule has 0 spiro atoms. The predicted octanol–water partition coefficient (Wildman–Crippen LogP) is 5.30. The molecular formula is C17H32OSSn. The second-order valence-electron chi connectivity index (χ2n) is 6.02. The summed E-state index contributed by atoms with van der Waals surface area (Å²) in [6.07, 6.45) is 8.22. The molecule has 0 aromatic carbocycles. The number of unbranched alkanes of at least 4 members (excludes halogenated alkanes) is 3. The standard InChI is InChI=1S/C5H5OS.3C4H9.Sn/c6-4-5-2-1-3-7-5;3*1-3-4-2;/h1-2,6H,4H2;3*1,3-4H2,2H3;. The summed E-state index contributed by atoms with van der Waals surface area (Å²) >= 11 is -0.257. The molecule has 0 amide bonds. The molecule has 0 aliphatic carbocycles. The Bertz CT molecular complexity index is 340. The molecule has 0 bridgehead atoms. The average Bonchev–Trinajstić information content (AvgIpc) is 2.96. The van der Waals surface area contributed by atoms with E-state index in [1.54, 1.807) is 2.89 Å². The molecule has 0 atom stereocenters. The molecule has 1 N–H and O–H groups in total. The van der Waals surface area contributed by atoms with Crippen LogP contribution in [-0.4, -0.2) is 23.5 Å².